The first-order valence-corrected chi connectivity index (χ1v) is 15.7. The number of nitrogens with one attached hydrogen (secondary N) is 1. The van der Waals surface area contributed by atoms with Crippen molar-refractivity contribution in [2.75, 3.05) is 6.54 Å². The lowest BCUT2D eigenvalue weighted by Crippen LogP contribution is -2.25. The summed E-state index contributed by atoms with van der Waals surface area (Å²) in [5.74, 6) is 0.823. The van der Waals surface area contributed by atoms with Crippen LogP contribution in [0.5, 0.6) is 5.75 Å². The van der Waals surface area contributed by atoms with E-state index in [1.165, 1.54) is 57.2 Å². The number of ketones is 1. The Balaban J connectivity index is 0.000000628. The monoisotopic (exact) mass is 637 g/mol. The van der Waals surface area contributed by atoms with E-state index in [9.17, 15) is 27.6 Å². The van der Waals surface area contributed by atoms with Crippen molar-refractivity contribution in [3.05, 3.63) is 65.2 Å². The number of benzene rings is 2. The maximum Gasteiger partial charge on any atom is 0.573 e. The van der Waals surface area contributed by atoms with Crippen LogP contribution in [0.25, 0.3) is 0 Å². The fraction of sp³-hybridized carbons (Fsp3) is 0.583. The molecule has 6 nitrogen and oxygen atoms in total. The molecule has 0 atom stereocenters. The van der Waals surface area contributed by atoms with Crippen molar-refractivity contribution >= 4 is 17.7 Å². The Labute approximate surface area is 268 Å². The van der Waals surface area contributed by atoms with E-state index in [0.717, 1.165) is 36.7 Å². The van der Waals surface area contributed by atoms with Crippen molar-refractivity contribution in [1.29, 1.82) is 0 Å². The summed E-state index contributed by atoms with van der Waals surface area (Å²) in [5.41, 5.74) is 3.24. The van der Waals surface area contributed by atoms with Gasteiger partial charge in [0.25, 0.3) is 5.91 Å². The molecule has 2 aromatic rings. The largest absolute Gasteiger partial charge is 0.573 e. The Kier molecular flexibility index (Phi) is 19.8. The van der Waals surface area contributed by atoms with E-state index in [1.54, 1.807) is 31.2 Å². The van der Waals surface area contributed by atoms with Gasteiger partial charge in [-0.25, -0.2) is 0 Å². The standard InChI is InChI=1S/C14H19NO3.C11H22.C8H7F3O.C3H6O/c1-2-3-4-11-5-7-12(8-6-11)14(18)15-10-9-13(16)17;1-9-5-7-10(8-6-9)11(2,3)4;1-6-2-4-7(5-3-6)12-8(9,10)11;1-3(2)4/h5-8H,2-4,9-10H2,1H3,(H,15,18)(H,16,17);9-10H,5-8H2,1-4H3;2-5H,1H3;1-2H3. The van der Waals surface area contributed by atoms with Gasteiger partial charge in [-0.15, -0.1) is 13.2 Å². The summed E-state index contributed by atoms with van der Waals surface area (Å²) in [4.78, 5) is 31.4. The van der Waals surface area contributed by atoms with E-state index >= 15 is 0 Å². The summed E-state index contributed by atoms with van der Waals surface area (Å²) < 4.78 is 38.5. The zero-order valence-corrected chi connectivity index (χ0v) is 28.4. The predicted molar refractivity (Wildman–Crippen MR) is 174 cm³/mol. The molecule has 254 valence electrons. The molecule has 0 bridgehead atoms. The highest BCUT2D eigenvalue weighted by molar-refractivity contribution is 5.94. The third kappa shape index (κ3) is 22.8. The Morgan fingerprint density at radius 3 is 1.84 bits per heavy atom. The number of carbonyl (C=O) groups is 3. The highest BCUT2D eigenvalue weighted by Crippen LogP contribution is 2.39. The number of amides is 1. The molecule has 0 radical (unpaired) electrons. The summed E-state index contributed by atoms with van der Waals surface area (Å²) >= 11 is 0. The molecule has 0 spiro atoms. The number of ether oxygens (including phenoxy) is 1. The molecule has 2 aromatic carbocycles. The summed E-state index contributed by atoms with van der Waals surface area (Å²) in [6.45, 7) is 16.7. The minimum absolute atomic E-state index is 0.0552. The molecule has 2 N–H and O–H groups in total. The van der Waals surface area contributed by atoms with Crippen LogP contribution in [0.3, 0.4) is 0 Å². The molecule has 0 aromatic heterocycles. The van der Waals surface area contributed by atoms with Gasteiger partial charge in [0.1, 0.15) is 11.5 Å². The number of aryl methyl sites for hydroxylation is 2. The number of hydrogen-bond acceptors (Lipinski definition) is 4. The Morgan fingerprint density at radius 2 is 1.42 bits per heavy atom. The van der Waals surface area contributed by atoms with Gasteiger partial charge in [-0.3, -0.25) is 9.59 Å². The number of unbranched alkanes of at least 4 members (excludes halogenated alkanes) is 1. The van der Waals surface area contributed by atoms with Crippen LogP contribution < -0.4 is 10.1 Å². The fourth-order valence-corrected chi connectivity index (χ4v) is 4.45. The number of aliphatic carboxylic acids is 1. The summed E-state index contributed by atoms with van der Waals surface area (Å²) in [6, 6.07) is 13.1. The van der Waals surface area contributed by atoms with Crippen molar-refractivity contribution in [2.45, 2.75) is 113 Å². The molecule has 1 fully saturated rings. The molecule has 9 heteroatoms. The molecule has 0 aliphatic heterocycles. The maximum absolute atomic E-state index is 11.6. The first-order valence-electron chi connectivity index (χ1n) is 15.7. The topological polar surface area (TPSA) is 92.7 Å². The minimum Gasteiger partial charge on any atom is -0.481 e. The van der Waals surface area contributed by atoms with E-state index in [-0.39, 0.29) is 30.4 Å². The van der Waals surface area contributed by atoms with Gasteiger partial charge in [0.2, 0.25) is 0 Å². The van der Waals surface area contributed by atoms with E-state index in [4.69, 9.17) is 5.11 Å². The van der Waals surface area contributed by atoms with Crippen LogP contribution >= 0.6 is 0 Å². The zero-order chi connectivity index (χ0) is 34.6. The quantitative estimate of drug-likeness (QED) is 0.301. The first-order chi connectivity index (χ1) is 20.8. The lowest BCUT2D eigenvalue weighted by atomic mass is 9.70. The minimum atomic E-state index is -4.60. The van der Waals surface area contributed by atoms with Crippen molar-refractivity contribution < 1.29 is 37.4 Å². The molecular formula is C36H54F3NO5. The van der Waals surface area contributed by atoms with Gasteiger partial charge in [-0.2, -0.15) is 0 Å². The van der Waals surface area contributed by atoms with E-state index in [2.05, 4.69) is 44.7 Å². The summed E-state index contributed by atoms with van der Waals surface area (Å²) in [6.07, 6.45) is 4.51. The van der Waals surface area contributed by atoms with Gasteiger partial charge >= 0.3 is 12.3 Å². The van der Waals surface area contributed by atoms with Crippen LogP contribution in [0, 0.1) is 24.2 Å². The van der Waals surface area contributed by atoms with E-state index in [1.807, 2.05) is 12.1 Å². The van der Waals surface area contributed by atoms with Crippen molar-refractivity contribution in [3.63, 3.8) is 0 Å². The Hall–Kier alpha value is -3.36. The first kappa shape index (κ1) is 41.6. The highest BCUT2D eigenvalue weighted by atomic mass is 19.4. The van der Waals surface area contributed by atoms with Crippen LogP contribution in [0.1, 0.15) is 115 Å². The molecule has 1 saturated carbocycles. The second-order valence-electron chi connectivity index (χ2n) is 12.8. The normalized spacial score (nSPS) is 15.9. The van der Waals surface area contributed by atoms with Gasteiger partial charge in [-0.05, 0) is 93.5 Å². The van der Waals surface area contributed by atoms with Crippen molar-refractivity contribution in [1.82, 2.24) is 5.32 Å². The smallest absolute Gasteiger partial charge is 0.481 e. The van der Waals surface area contributed by atoms with E-state index in [0.29, 0.717) is 11.0 Å². The molecule has 1 aliphatic rings. The second kappa shape index (κ2) is 21.4. The molecule has 0 saturated heterocycles. The Morgan fingerprint density at radius 1 is 0.911 bits per heavy atom. The number of rotatable bonds is 8. The number of alkyl halides is 3. The number of carbonyl (C=O) groups excluding carboxylic acids is 2. The predicted octanol–water partition coefficient (Wildman–Crippen LogP) is 9.58. The molecule has 3 rings (SSSR count). The average molecular weight is 638 g/mol. The molecule has 1 aliphatic carbocycles. The highest BCUT2D eigenvalue weighted by Gasteiger charge is 2.31. The molecule has 1 amide bonds. The van der Waals surface area contributed by atoms with Crippen LogP contribution in [0.4, 0.5) is 13.2 Å². The Bertz CT molecular complexity index is 1110. The van der Waals surface area contributed by atoms with Crippen molar-refractivity contribution in [3.8, 4) is 5.75 Å². The second-order valence-corrected chi connectivity index (χ2v) is 12.8. The van der Waals surface area contributed by atoms with Gasteiger partial charge < -0.3 is 20.0 Å². The molecule has 0 unspecified atom stereocenters. The van der Waals surface area contributed by atoms with Gasteiger partial charge in [0.05, 0.1) is 6.42 Å². The maximum atomic E-state index is 11.6. The van der Waals surface area contributed by atoms with Crippen molar-refractivity contribution in [2.24, 2.45) is 17.3 Å². The SMILES string of the molecule is CC(C)=O.CC1CCC(C(C)(C)C)CC1.CCCCc1ccc(C(=O)NCCC(=O)O)cc1.Cc1ccc(OC(F)(F)F)cc1. The molecular weight excluding hydrogens is 583 g/mol. The van der Waals surface area contributed by atoms with Crippen LogP contribution in [-0.2, 0) is 16.0 Å². The summed E-state index contributed by atoms with van der Waals surface area (Å²) in [5, 5.41) is 11.0. The van der Waals surface area contributed by atoms with Gasteiger partial charge in [0.15, 0.2) is 0 Å². The number of carboxylic acid groups (broad SMARTS) is 1. The zero-order valence-electron chi connectivity index (χ0n) is 28.4. The number of Topliss-reactive ketones (excluding diaryl/α,β-unsaturated/α-hetero) is 1. The lowest BCUT2D eigenvalue weighted by molar-refractivity contribution is -0.274. The van der Waals surface area contributed by atoms with Crippen LogP contribution in [0.2, 0.25) is 0 Å². The molecule has 0 heterocycles. The molecule has 45 heavy (non-hydrogen) atoms. The number of carboxylic acids is 1. The third-order valence-corrected chi connectivity index (χ3v) is 7.15. The lowest BCUT2D eigenvalue weighted by Gasteiger charge is -2.35. The fourth-order valence-electron chi connectivity index (χ4n) is 4.45. The van der Waals surface area contributed by atoms with Gasteiger partial charge in [0, 0.05) is 12.1 Å². The van der Waals surface area contributed by atoms with Crippen LogP contribution in [0.15, 0.2) is 48.5 Å². The van der Waals surface area contributed by atoms with Gasteiger partial charge in [-0.1, -0.05) is 83.7 Å². The number of hydrogen-bond donors (Lipinski definition) is 2. The number of halogens is 3. The van der Waals surface area contributed by atoms with Crippen LogP contribution in [-0.4, -0.2) is 35.7 Å². The van der Waals surface area contributed by atoms with E-state index < -0.39 is 12.3 Å². The third-order valence-electron chi connectivity index (χ3n) is 7.15. The summed E-state index contributed by atoms with van der Waals surface area (Å²) in [7, 11) is 0. The average Bonchev–Trinajstić information content (AvgIpc) is 2.93.